The van der Waals surface area contributed by atoms with Crippen molar-refractivity contribution in [1.29, 1.82) is 0 Å². The zero-order valence-electron chi connectivity index (χ0n) is 32.5. The van der Waals surface area contributed by atoms with Gasteiger partial charge in [-0.05, 0) is 68.3 Å². The fourth-order valence-electron chi connectivity index (χ4n) is 4.89. The minimum atomic E-state index is -3.24. The molecule has 0 amide bonds. The maximum atomic E-state index is 16.5. The van der Waals surface area contributed by atoms with E-state index in [2.05, 4.69) is 0 Å². The summed E-state index contributed by atoms with van der Waals surface area (Å²) in [5.41, 5.74) is -5.70. The van der Waals surface area contributed by atoms with Crippen LogP contribution in [0.25, 0.3) is 0 Å². The lowest BCUT2D eigenvalue weighted by Crippen LogP contribution is -2.58. The average molecular weight is 498 g/mol. The molecule has 0 saturated heterocycles. The van der Waals surface area contributed by atoms with Crippen LogP contribution in [0.5, 0.6) is 5.06 Å². The summed E-state index contributed by atoms with van der Waals surface area (Å²) in [4.78, 5) is 27.7. The van der Waals surface area contributed by atoms with Gasteiger partial charge in [0.1, 0.15) is 11.4 Å². The Morgan fingerprint density at radius 1 is 1.32 bits per heavy atom. The van der Waals surface area contributed by atoms with Crippen molar-refractivity contribution in [2.24, 2.45) is 17.2 Å². The van der Waals surface area contributed by atoms with Gasteiger partial charge in [-0.25, -0.2) is 4.39 Å². The van der Waals surface area contributed by atoms with E-state index in [0.717, 1.165) is 13.8 Å². The molecule has 2 heterocycles. The SMILES string of the molecule is [2H]c1c([2H])c(F)c(C(C)(C(=O)C2(C)C([2H])(C)C2([2H])C)N2C([2H])([2H])c3c(sc(OC(=O)C([2H])([2H])[2H])c3[2H])C([2H])(C)C2([2H])C)c(C)c1C. The van der Waals surface area contributed by atoms with Gasteiger partial charge in [-0.2, -0.15) is 0 Å². The van der Waals surface area contributed by atoms with E-state index in [-0.39, 0.29) is 16.0 Å². The molecule has 1 aliphatic carbocycles. The van der Waals surface area contributed by atoms with Crippen LogP contribution in [0.4, 0.5) is 4.39 Å². The molecule has 0 spiro atoms. The lowest BCUT2D eigenvalue weighted by molar-refractivity contribution is -0.140. The fourth-order valence-corrected chi connectivity index (χ4v) is 5.84. The summed E-state index contributed by atoms with van der Waals surface area (Å²) >= 11 is 0.437. The van der Waals surface area contributed by atoms with Crippen LogP contribution in [0, 0.1) is 36.9 Å². The number of ketones is 1. The molecule has 5 unspecified atom stereocenters. The predicted octanol–water partition coefficient (Wildman–Crippen LogP) is 6.51. The summed E-state index contributed by atoms with van der Waals surface area (Å²) in [6.07, 6.45) is 0. The van der Waals surface area contributed by atoms with Gasteiger partial charge in [0.2, 0.25) is 0 Å². The third kappa shape index (κ3) is 3.48. The molecule has 5 atom stereocenters. The van der Waals surface area contributed by atoms with E-state index < -0.39 is 99.9 Å². The van der Waals surface area contributed by atoms with Crippen molar-refractivity contribution in [3.05, 3.63) is 51.1 Å². The van der Waals surface area contributed by atoms with Crippen LogP contribution in [0.2, 0.25) is 0 Å². The Balaban J connectivity index is 2.17. The van der Waals surface area contributed by atoms with Gasteiger partial charge in [0, 0.05) is 53.5 Å². The maximum Gasteiger partial charge on any atom is 0.308 e. The van der Waals surface area contributed by atoms with Crippen molar-refractivity contribution in [2.75, 3.05) is 0 Å². The van der Waals surface area contributed by atoms with Gasteiger partial charge in [-0.15, -0.1) is 11.3 Å². The van der Waals surface area contributed by atoms with E-state index in [1.807, 2.05) is 0 Å². The number of nitrogens with zero attached hydrogens (tertiary/aromatic N) is 1. The van der Waals surface area contributed by atoms with Crippen LogP contribution in [0.3, 0.4) is 0 Å². The number of hydrogen-bond acceptors (Lipinski definition) is 5. The molecule has 4 nitrogen and oxygen atoms in total. The molecule has 1 fully saturated rings. The Hall–Kier alpha value is -2.05. The van der Waals surface area contributed by atoms with Crippen LogP contribution < -0.4 is 4.74 Å². The molecule has 1 saturated carbocycles. The third-order valence-electron chi connectivity index (χ3n) is 7.62. The Morgan fingerprint density at radius 2 is 1.97 bits per heavy atom. The van der Waals surface area contributed by atoms with Crippen molar-refractivity contribution in [1.82, 2.24) is 4.90 Å². The molecule has 1 aromatic carbocycles. The number of ether oxygens (including phenoxy) is 1. The molecule has 1 aliphatic heterocycles. The molecular formula is C28H36FNO3S. The highest BCUT2D eigenvalue weighted by Crippen LogP contribution is 2.62. The standard InChI is InChI=1S/C28H36FNO3S/c1-14-10-11-22(29)24(15(14)2)28(9,26(32)27(8)17(4)18(27)5)30-13-21-12-23(33-20(7)31)34-25(21)16(3)19(30)6/h10-12,16-19H,13H2,1-9H3/i7D3,10D,11D,12D,13D2,16D,17D,18D,19D. The zero-order valence-corrected chi connectivity index (χ0v) is 21.3. The molecule has 6 heteroatoms. The summed E-state index contributed by atoms with van der Waals surface area (Å²) in [5.74, 6) is -9.96. The molecule has 2 aromatic rings. The van der Waals surface area contributed by atoms with E-state index in [0.29, 0.717) is 16.2 Å². The summed E-state index contributed by atoms with van der Waals surface area (Å²) in [6, 6.07) is -4.75. The van der Waals surface area contributed by atoms with Gasteiger partial charge < -0.3 is 4.74 Å². The molecule has 1 aromatic heterocycles. The second-order valence-electron chi connectivity index (χ2n) is 9.23. The normalized spacial score (nSPS) is 46.0. The summed E-state index contributed by atoms with van der Waals surface area (Å²) in [5, 5.41) is -0.656. The van der Waals surface area contributed by atoms with Crippen molar-refractivity contribution < 1.29 is 35.2 Å². The fraction of sp³-hybridized carbons (Fsp3) is 0.571. The van der Waals surface area contributed by atoms with E-state index in [4.69, 9.17) is 15.7 Å². The summed E-state index contributed by atoms with van der Waals surface area (Å²) in [7, 11) is 0. The first-order valence-electron chi connectivity index (χ1n) is 16.8. The zero-order chi connectivity index (χ0) is 35.9. The number of benzene rings is 1. The molecule has 0 radical (unpaired) electrons. The van der Waals surface area contributed by atoms with Gasteiger partial charge in [-0.1, -0.05) is 33.7 Å². The first kappa shape index (κ1) is 13.9. The van der Waals surface area contributed by atoms with Gasteiger partial charge in [0.25, 0.3) is 0 Å². The number of Topliss-reactive ketones (excluding diaryl/α,β-unsaturated/α-hetero) is 1. The number of carbonyl (C=O) groups is 2. The smallest absolute Gasteiger partial charge is 0.308 e. The van der Waals surface area contributed by atoms with Gasteiger partial charge in [0.05, 0.1) is 4.11 Å². The number of rotatable bonds is 5. The van der Waals surface area contributed by atoms with E-state index in [1.54, 1.807) is 0 Å². The molecule has 2 aliphatic rings. The van der Waals surface area contributed by atoms with Crippen molar-refractivity contribution in [3.8, 4) is 5.06 Å². The lowest BCUT2D eigenvalue weighted by Gasteiger charge is -2.50. The first-order chi connectivity index (χ1) is 20.3. The highest BCUT2D eigenvalue weighted by molar-refractivity contribution is 7.14. The monoisotopic (exact) mass is 497 g/mol. The summed E-state index contributed by atoms with van der Waals surface area (Å²) < 4.78 is 124. The van der Waals surface area contributed by atoms with E-state index in [1.165, 1.54) is 41.5 Å². The molecular weight excluding hydrogens is 449 g/mol. The van der Waals surface area contributed by atoms with Crippen LogP contribution in [-0.4, -0.2) is 22.7 Å². The third-order valence-corrected chi connectivity index (χ3v) is 8.71. The first-order valence-corrected chi connectivity index (χ1v) is 11.7. The number of carbonyl (C=O) groups excluding carboxylic acids is 2. The highest BCUT2D eigenvalue weighted by Gasteiger charge is 2.66. The van der Waals surface area contributed by atoms with Crippen molar-refractivity contribution >= 4 is 23.1 Å². The molecule has 4 rings (SSSR count). The topological polar surface area (TPSA) is 46.6 Å². The Bertz CT molecular complexity index is 1650. The molecule has 184 valence electrons. The average Bonchev–Trinajstić information content (AvgIpc) is 3.12. The Kier molecular flexibility index (Phi) is 3.38. The van der Waals surface area contributed by atoms with Crippen LogP contribution in [0.1, 0.15) is 97.9 Å². The van der Waals surface area contributed by atoms with Gasteiger partial charge >= 0.3 is 5.97 Å². The lowest BCUT2D eigenvalue weighted by atomic mass is 9.73. The molecule has 34 heavy (non-hydrogen) atoms. The Labute approximate surface area is 223 Å². The second kappa shape index (κ2) is 8.27. The number of halogens is 1. The molecule has 0 N–H and O–H groups in total. The van der Waals surface area contributed by atoms with Crippen LogP contribution >= 0.6 is 11.3 Å². The number of hydrogen-bond donors (Lipinski definition) is 0. The number of thiophene rings is 1. The number of fused-ring (bicyclic) bond motifs is 1. The van der Waals surface area contributed by atoms with Crippen molar-refractivity contribution in [3.63, 3.8) is 0 Å². The predicted molar refractivity (Wildman–Crippen MR) is 134 cm³/mol. The minimum absolute atomic E-state index is 0.0234. The van der Waals surface area contributed by atoms with Crippen LogP contribution in [0.15, 0.2) is 18.1 Å². The maximum absolute atomic E-state index is 16.5. The van der Waals surface area contributed by atoms with E-state index >= 15 is 9.18 Å². The van der Waals surface area contributed by atoms with E-state index in [9.17, 15) is 10.3 Å². The van der Waals surface area contributed by atoms with Crippen LogP contribution in [-0.2, 0) is 21.6 Å². The largest absolute Gasteiger partial charge is 0.416 e. The van der Waals surface area contributed by atoms with Gasteiger partial charge in [0.15, 0.2) is 10.8 Å². The number of esters is 1. The second-order valence-corrected chi connectivity index (χ2v) is 10.2. The quantitative estimate of drug-likeness (QED) is 0.442. The highest BCUT2D eigenvalue weighted by atomic mass is 32.1. The molecule has 0 bridgehead atoms. The Morgan fingerprint density at radius 3 is 2.56 bits per heavy atom. The van der Waals surface area contributed by atoms with Crippen molar-refractivity contribution in [2.45, 2.75) is 86.2 Å². The minimum Gasteiger partial charge on any atom is -0.416 e. The summed E-state index contributed by atoms with van der Waals surface area (Å²) in [6.45, 7) is 3.81. The van der Waals surface area contributed by atoms with Gasteiger partial charge in [-0.3, -0.25) is 14.5 Å².